The van der Waals surface area contributed by atoms with Gasteiger partial charge in [0, 0.05) is 51.1 Å². The van der Waals surface area contributed by atoms with E-state index in [1.807, 2.05) is 18.2 Å². The van der Waals surface area contributed by atoms with Gasteiger partial charge in [-0.05, 0) is 36.5 Å². The number of hydrogen-bond acceptors (Lipinski definition) is 7. The number of halogens is 3. The molecule has 1 amide bonds. The van der Waals surface area contributed by atoms with Crippen molar-refractivity contribution >= 4 is 23.8 Å². The maximum atomic E-state index is 12.8. The number of unbranched alkanes of at least 4 members (excludes halogenated alkanes) is 2. The summed E-state index contributed by atoms with van der Waals surface area (Å²) in [5.41, 5.74) is 2.21. The number of amides is 1. The standard InChI is InChI=1S/C27H29F3N6O2/c1-31-17-23(6-4-3-5-11-38-2)36-26-33-14-21(15-34-26)20-9-7-19(8-10-20)12-25(37)35-24-13-22(16-32-18-24)27(28,29)30/h6-10,13-18H,3-5,11-12H2,1-2H3,(H,35,37)(H,33,34,36)/b23-6+,31-17?. The van der Waals surface area contributed by atoms with Gasteiger partial charge in [-0.25, -0.2) is 9.97 Å². The molecule has 2 aromatic heterocycles. The quantitative estimate of drug-likeness (QED) is 0.237. The number of alkyl halides is 3. The number of pyridine rings is 1. The summed E-state index contributed by atoms with van der Waals surface area (Å²) in [7, 11) is 3.38. The number of carbonyl (C=O) groups is 1. The van der Waals surface area contributed by atoms with Gasteiger partial charge >= 0.3 is 6.18 Å². The van der Waals surface area contributed by atoms with E-state index < -0.39 is 17.6 Å². The SMILES string of the molecule is CN=C/C(=C\CCCCOC)Nc1ncc(-c2ccc(CC(=O)Nc3cncc(C(F)(F)F)c3)cc2)cn1. The maximum absolute atomic E-state index is 12.8. The fraction of sp³-hybridized carbons (Fsp3) is 0.296. The molecule has 0 aliphatic heterocycles. The summed E-state index contributed by atoms with van der Waals surface area (Å²) in [5, 5.41) is 5.61. The first kappa shape index (κ1) is 28.5. The molecule has 0 unspecified atom stereocenters. The number of carbonyl (C=O) groups excluding carboxylic acids is 1. The van der Waals surface area contributed by atoms with E-state index in [1.54, 1.807) is 44.9 Å². The van der Waals surface area contributed by atoms with Gasteiger partial charge in [-0.15, -0.1) is 0 Å². The van der Waals surface area contributed by atoms with Crippen molar-refractivity contribution in [3.8, 4) is 11.1 Å². The Hall–Kier alpha value is -4.12. The normalized spacial score (nSPS) is 12.1. The van der Waals surface area contributed by atoms with Crippen LogP contribution in [0.2, 0.25) is 0 Å². The first-order valence-corrected chi connectivity index (χ1v) is 11.9. The fourth-order valence-corrected chi connectivity index (χ4v) is 3.46. The van der Waals surface area contributed by atoms with Gasteiger partial charge in [0.25, 0.3) is 0 Å². The molecule has 0 bridgehead atoms. The van der Waals surface area contributed by atoms with E-state index in [4.69, 9.17) is 4.74 Å². The number of ether oxygens (including phenoxy) is 1. The third kappa shape index (κ3) is 9.07. The molecule has 0 aliphatic rings. The molecule has 0 aliphatic carbocycles. The number of hydrogen-bond donors (Lipinski definition) is 2. The highest BCUT2D eigenvalue weighted by atomic mass is 19.4. The fourth-order valence-electron chi connectivity index (χ4n) is 3.46. The Kier molecular flexibility index (Phi) is 10.5. The number of nitrogens with zero attached hydrogens (tertiary/aromatic N) is 4. The molecule has 11 heteroatoms. The van der Waals surface area contributed by atoms with Crippen molar-refractivity contribution in [3.05, 3.63) is 78.0 Å². The molecule has 1 aromatic carbocycles. The lowest BCUT2D eigenvalue weighted by Crippen LogP contribution is -2.15. The van der Waals surface area contributed by atoms with Crippen LogP contribution in [-0.2, 0) is 22.1 Å². The van der Waals surface area contributed by atoms with Crippen LogP contribution in [-0.4, -0.2) is 47.8 Å². The molecule has 0 saturated carbocycles. The summed E-state index contributed by atoms with van der Waals surface area (Å²) in [4.78, 5) is 28.7. The van der Waals surface area contributed by atoms with Gasteiger partial charge in [0.05, 0.1) is 29.6 Å². The smallest absolute Gasteiger partial charge is 0.385 e. The minimum atomic E-state index is -4.53. The van der Waals surface area contributed by atoms with E-state index in [0.29, 0.717) is 17.7 Å². The maximum Gasteiger partial charge on any atom is 0.417 e. The molecule has 0 spiro atoms. The zero-order valence-electron chi connectivity index (χ0n) is 21.1. The monoisotopic (exact) mass is 526 g/mol. The molecule has 38 heavy (non-hydrogen) atoms. The average Bonchev–Trinajstić information content (AvgIpc) is 2.89. The largest absolute Gasteiger partial charge is 0.417 e. The molecule has 0 atom stereocenters. The van der Waals surface area contributed by atoms with Gasteiger partial charge in [-0.2, -0.15) is 13.2 Å². The number of aromatic nitrogens is 3. The molecule has 3 aromatic rings. The van der Waals surface area contributed by atoms with Crippen molar-refractivity contribution in [2.45, 2.75) is 31.9 Å². The topological polar surface area (TPSA) is 101 Å². The molecule has 8 nitrogen and oxygen atoms in total. The van der Waals surface area contributed by atoms with Crippen LogP contribution < -0.4 is 10.6 Å². The second-order valence-electron chi connectivity index (χ2n) is 8.34. The van der Waals surface area contributed by atoms with Crippen molar-refractivity contribution in [2.24, 2.45) is 4.99 Å². The molecule has 3 rings (SSSR count). The second-order valence-corrected chi connectivity index (χ2v) is 8.34. The minimum absolute atomic E-state index is 0.00452. The lowest BCUT2D eigenvalue weighted by Gasteiger charge is -2.10. The predicted octanol–water partition coefficient (Wildman–Crippen LogP) is 5.55. The molecule has 0 fully saturated rings. The highest BCUT2D eigenvalue weighted by molar-refractivity contribution is 5.92. The number of rotatable bonds is 12. The van der Waals surface area contributed by atoms with Crippen molar-refractivity contribution in [1.82, 2.24) is 15.0 Å². The average molecular weight is 527 g/mol. The van der Waals surface area contributed by atoms with E-state index in [0.717, 1.165) is 48.8 Å². The number of aliphatic imine (C=N–C) groups is 1. The lowest BCUT2D eigenvalue weighted by molar-refractivity contribution is -0.137. The van der Waals surface area contributed by atoms with Crippen LogP contribution in [0.15, 0.2) is 71.9 Å². The predicted molar refractivity (Wildman–Crippen MR) is 141 cm³/mol. The zero-order chi connectivity index (χ0) is 27.4. The Morgan fingerprint density at radius 3 is 2.42 bits per heavy atom. The highest BCUT2D eigenvalue weighted by Crippen LogP contribution is 2.30. The van der Waals surface area contributed by atoms with Gasteiger partial charge in [0.15, 0.2) is 0 Å². The van der Waals surface area contributed by atoms with E-state index in [1.165, 1.54) is 6.20 Å². The minimum Gasteiger partial charge on any atom is -0.385 e. The van der Waals surface area contributed by atoms with Crippen LogP contribution in [0.25, 0.3) is 11.1 Å². The molecule has 200 valence electrons. The van der Waals surface area contributed by atoms with Crippen molar-refractivity contribution < 1.29 is 22.7 Å². The van der Waals surface area contributed by atoms with Crippen LogP contribution in [0, 0.1) is 0 Å². The van der Waals surface area contributed by atoms with Gasteiger partial charge < -0.3 is 15.4 Å². The summed E-state index contributed by atoms with van der Waals surface area (Å²) in [6.07, 6.45) is 7.33. The number of benzene rings is 1. The van der Waals surface area contributed by atoms with Gasteiger partial charge in [0.1, 0.15) is 0 Å². The van der Waals surface area contributed by atoms with Gasteiger partial charge in [0.2, 0.25) is 11.9 Å². The Labute approximate surface area is 219 Å². The lowest BCUT2D eigenvalue weighted by atomic mass is 10.0. The number of nitrogens with one attached hydrogen (secondary N) is 2. The van der Waals surface area contributed by atoms with Crippen LogP contribution in [0.1, 0.15) is 30.4 Å². The van der Waals surface area contributed by atoms with Gasteiger partial charge in [-0.3, -0.25) is 14.8 Å². The summed E-state index contributed by atoms with van der Waals surface area (Å²) in [5.74, 6) is -0.00928. The van der Waals surface area contributed by atoms with Gasteiger partial charge in [-0.1, -0.05) is 30.3 Å². The number of methoxy groups -OCH3 is 1. The van der Waals surface area contributed by atoms with E-state index in [2.05, 4.69) is 30.6 Å². The third-order valence-corrected chi connectivity index (χ3v) is 5.34. The molecular formula is C27H29F3N6O2. The van der Waals surface area contributed by atoms with Crippen molar-refractivity contribution in [2.75, 3.05) is 31.4 Å². The van der Waals surface area contributed by atoms with Crippen molar-refractivity contribution in [1.29, 1.82) is 0 Å². The molecule has 0 radical (unpaired) electrons. The van der Waals surface area contributed by atoms with Crippen molar-refractivity contribution in [3.63, 3.8) is 0 Å². The Bertz CT molecular complexity index is 1240. The first-order chi connectivity index (χ1) is 18.3. The highest BCUT2D eigenvalue weighted by Gasteiger charge is 2.31. The van der Waals surface area contributed by atoms with E-state index >= 15 is 0 Å². The summed E-state index contributed by atoms with van der Waals surface area (Å²) in [6, 6.07) is 8.05. The Morgan fingerprint density at radius 2 is 1.76 bits per heavy atom. The van der Waals surface area contributed by atoms with E-state index in [9.17, 15) is 18.0 Å². The van der Waals surface area contributed by atoms with E-state index in [-0.39, 0.29) is 12.1 Å². The van der Waals surface area contributed by atoms with Crippen LogP contribution in [0.3, 0.4) is 0 Å². The third-order valence-electron chi connectivity index (χ3n) is 5.34. The zero-order valence-corrected chi connectivity index (χ0v) is 21.1. The summed E-state index contributed by atoms with van der Waals surface area (Å²) in [6.45, 7) is 0.731. The van der Waals surface area contributed by atoms with Crippen LogP contribution in [0.5, 0.6) is 0 Å². The number of anilines is 2. The molecule has 0 saturated heterocycles. The second kappa shape index (κ2) is 14.0. The summed E-state index contributed by atoms with van der Waals surface area (Å²) >= 11 is 0. The Balaban J connectivity index is 1.57. The Morgan fingerprint density at radius 1 is 1.03 bits per heavy atom. The summed E-state index contributed by atoms with van der Waals surface area (Å²) < 4.78 is 43.6. The molecule has 2 heterocycles. The molecule has 2 N–H and O–H groups in total. The first-order valence-electron chi connectivity index (χ1n) is 11.9. The number of allylic oxidation sites excluding steroid dienone is 2. The molecular weight excluding hydrogens is 497 g/mol. The van der Waals surface area contributed by atoms with Crippen LogP contribution in [0.4, 0.5) is 24.8 Å². The van der Waals surface area contributed by atoms with Crippen LogP contribution >= 0.6 is 0 Å².